The van der Waals surface area contributed by atoms with Crippen molar-refractivity contribution in [3.8, 4) is 0 Å². The number of carbonyl (C=O) groups excluding carboxylic acids is 2. The summed E-state index contributed by atoms with van der Waals surface area (Å²) in [5.74, 6) is -0.683. The maximum Gasteiger partial charge on any atom is 0.338 e. The summed E-state index contributed by atoms with van der Waals surface area (Å²) in [6.07, 6.45) is 3.82. The number of hydrogen-bond donors (Lipinski definition) is 2. The van der Waals surface area contributed by atoms with Gasteiger partial charge in [-0.15, -0.1) is 0 Å². The first-order chi connectivity index (χ1) is 12.3. The quantitative estimate of drug-likeness (QED) is 0.338. The van der Waals surface area contributed by atoms with Gasteiger partial charge in [0.2, 0.25) is 0 Å². The van der Waals surface area contributed by atoms with E-state index in [4.69, 9.17) is 9.47 Å². The Morgan fingerprint density at radius 3 is 1.31 bits per heavy atom. The van der Waals surface area contributed by atoms with Crippen molar-refractivity contribution in [2.24, 2.45) is 11.8 Å². The second-order valence-corrected chi connectivity index (χ2v) is 7.71. The molecule has 0 radical (unpaired) electrons. The van der Waals surface area contributed by atoms with Gasteiger partial charge in [0.1, 0.15) is 0 Å². The van der Waals surface area contributed by atoms with Crippen LogP contribution < -0.4 is 0 Å². The highest BCUT2D eigenvalue weighted by Gasteiger charge is 2.32. The van der Waals surface area contributed by atoms with Crippen molar-refractivity contribution in [2.45, 2.75) is 91.3 Å². The van der Waals surface area contributed by atoms with Gasteiger partial charge in [-0.2, -0.15) is 0 Å². The monoisotopic (exact) mass is 374 g/mol. The van der Waals surface area contributed by atoms with Crippen molar-refractivity contribution in [1.82, 2.24) is 0 Å². The summed E-state index contributed by atoms with van der Waals surface area (Å²) < 4.78 is 9.81. The van der Waals surface area contributed by atoms with Crippen LogP contribution in [0.15, 0.2) is 0 Å². The first-order valence-electron chi connectivity index (χ1n) is 9.95. The van der Waals surface area contributed by atoms with Gasteiger partial charge < -0.3 is 19.7 Å². The molecule has 0 spiro atoms. The molecule has 2 unspecified atom stereocenters. The molecule has 2 atom stereocenters. The van der Waals surface area contributed by atoms with Crippen LogP contribution >= 0.6 is 0 Å². The Morgan fingerprint density at radius 2 is 1.00 bits per heavy atom. The molecule has 0 aliphatic heterocycles. The lowest BCUT2D eigenvalue weighted by molar-refractivity contribution is -0.173. The Morgan fingerprint density at radius 1 is 0.654 bits per heavy atom. The van der Waals surface area contributed by atoms with Gasteiger partial charge in [0.15, 0.2) is 12.2 Å². The molecule has 0 bridgehead atoms. The average Bonchev–Trinajstić information content (AvgIpc) is 2.58. The molecule has 0 saturated heterocycles. The standard InChI is InChI=1S/C20H38O6/c1-15(2)11-7-5-9-13-25-19(23)17(21)18(22)20(24)26-14-10-6-8-12-16(3)4/h15-18,21-22H,5-14H2,1-4H3. The number of aliphatic hydroxyl groups excluding tert-OH is 2. The highest BCUT2D eigenvalue weighted by molar-refractivity contribution is 5.85. The molecule has 0 fully saturated rings. The molecule has 6 nitrogen and oxygen atoms in total. The van der Waals surface area contributed by atoms with Crippen LogP contribution in [-0.2, 0) is 19.1 Å². The minimum absolute atomic E-state index is 0.172. The molecule has 0 aliphatic carbocycles. The topological polar surface area (TPSA) is 93.1 Å². The van der Waals surface area contributed by atoms with Crippen molar-refractivity contribution in [3.63, 3.8) is 0 Å². The van der Waals surface area contributed by atoms with Crippen molar-refractivity contribution in [3.05, 3.63) is 0 Å². The van der Waals surface area contributed by atoms with Crippen LogP contribution in [0, 0.1) is 11.8 Å². The average molecular weight is 375 g/mol. The molecular formula is C20H38O6. The predicted molar refractivity (Wildman–Crippen MR) is 101 cm³/mol. The summed E-state index contributed by atoms with van der Waals surface area (Å²) in [6.45, 7) is 8.97. The van der Waals surface area contributed by atoms with Crippen LogP contribution in [0.5, 0.6) is 0 Å². The Labute approximate surface area is 158 Å². The van der Waals surface area contributed by atoms with E-state index in [0.717, 1.165) is 38.5 Å². The summed E-state index contributed by atoms with van der Waals surface area (Å²) >= 11 is 0. The Bertz CT molecular complexity index is 344. The zero-order valence-corrected chi connectivity index (χ0v) is 16.9. The molecule has 0 rings (SSSR count). The summed E-state index contributed by atoms with van der Waals surface area (Å²) in [5.41, 5.74) is 0. The van der Waals surface area contributed by atoms with E-state index >= 15 is 0 Å². The fourth-order valence-corrected chi connectivity index (χ4v) is 2.44. The molecule has 0 heterocycles. The first-order valence-corrected chi connectivity index (χ1v) is 9.95. The summed E-state index contributed by atoms with van der Waals surface area (Å²) in [6, 6.07) is 0. The normalized spacial score (nSPS) is 13.7. The van der Waals surface area contributed by atoms with E-state index in [2.05, 4.69) is 27.7 Å². The molecule has 154 valence electrons. The number of hydrogen-bond acceptors (Lipinski definition) is 6. The lowest BCUT2D eigenvalue weighted by Gasteiger charge is -2.16. The minimum atomic E-state index is -1.90. The zero-order valence-electron chi connectivity index (χ0n) is 16.9. The fraction of sp³-hybridized carbons (Fsp3) is 0.900. The van der Waals surface area contributed by atoms with Gasteiger partial charge >= 0.3 is 11.9 Å². The van der Waals surface area contributed by atoms with Crippen LogP contribution in [0.2, 0.25) is 0 Å². The summed E-state index contributed by atoms with van der Waals surface area (Å²) in [7, 11) is 0. The van der Waals surface area contributed by atoms with Gasteiger partial charge in [-0.25, -0.2) is 9.59 Å². The van der Waals surface area contributed by atoms with Crippen LogP contribution in [0.25, 0.3) is 0 Å². The molecule has 26 heavy (non-hydrogen) atoms. The van der Waals surface area contributed by atoms with E-state index in [1.807, 2.05) is 0 Å². The van der Waals surface area contributed by atoms with Crippen molar-refractivity contribution < 1.29 is 29.3 Å². The second kappa shape index (κ2) is 15.0. The molecule has 0 saturated carbocycles. The van der Waals surface area contributed by atoms with E-state index in [1.165, 1.54) is 0 Å². The molecule has 0 aromatic rings. The number of carbonyl (C=O) groups is 2. The molecule has 0 aliphatic rings. The third kappa shape index (κ3) is 13.1. The lowest BCUT2D eigenvalue weighted by atomic mass is 10.1. The second-order valence-electron chi connectivity index (χ2n) is 7.71. The Hall–Kier alpha value is -1.14. The molecule has 0 aromatic carbocycles. The van der Waals surface area contributed by atoms with Crippen molar-refractivity contribution in [2.75, 3.05) is 13.2 Å². The van der Waals surface area contributed by atoms with E-state index in [1.54, 1.807) is 0 Å². The van der Waals surface area contributed by atoms with E-state index in [9.17, 15) is 19.8 Å². The summed E-state index contributed by atoms with van der Waals surface area (Å²) in [4.78, 5) is 23.3. The maximum absolute atomic E-state index is 11.7. The molecule has 2 N–H and O–H groups in total. The zero-order chi connectivity index (χ0) is 19.9. The van der Waals surface area contributed by atoms with Gasteiger partial charge in [-0.1, -0.05) is 66.2 Å². The minimum Gasteiger partial charge on any atom is -0.464 e. The first kappa shape index (κ1) is 24.9. The van der Waals surface area contributed by atoms with Crippen LogP contribution in [0.3, 0.4) is 0 Å². The lowest BCUT2D eigenvalue weighted by Crippen LogP contribution is -2.41. The smallest absolute Gasteiger partial charge is 0.338 e. The van der Waals surface area contributed by atoms with Gasteiger partial charge in [-0.05, 0) is 24.7 Å². The summed E-state index contributed by atoms with van der Waals surface area (Å²) in [5, 5.41) is 19.4. The Kier molecular flexibility index (Phi) is 14.3. The highest BCUT2D eigenvalue weighted by atomic mass is 16.6. The van der Waals surface area contributed by atoms with Crippen LogP contribution in [0.4, 0.5) is 0 Å². The third-order valence-corrected chi connectivity index (χ3v) is 4.12. The van der Waals surface area contributed by atoms with Gasteiger partial charge in [0, 0.05) is 0 Å². The third-order valence-electron chi connectivity index (χ3n) is 4.12. The molecule has 6 heteroatoms. The maximum atomic E-state index is 11.7. The number of ether oxygens (including phenoxy) is 2. The van der Waals surface area contributed by atoms with E-state index in [-0.39, 0.29) is 13.2 Å². The molecular weight excluding hydrogens is 336 g/mol. The van der Waals surface area contributed by atoms with Crippen molar-refractivity contribution >= 4 is 11.9 Å². The van der Waals surface area contributed by atoms with Gasteiger partial charge in [0.25, 0.3) is 0 Å². The van der Waals surface area contributed by atoms with Gasteiger partial charge in [0.05, 0.1) is 13.2 Å². The Balaban J connectivity index is 3.84. The van der Waals surface area contributed by atoms with Gasteiger partial charge in [-0.3, -0.25) is 0 Å². The fourth-order valence-electron chi connectivity index (χ4n) is 2.44. The van der Waals surface area contributed by atoms with Crippen LogP contribution in [-0.4, -0.2) is 47.6 Å². The van der Waals surface area contributed by atoms with E-state index in [0.29, 0.717) is 24.7 Å². The largest absolute Gasteiger partial charge is 0.464 e. The number of rotatable bonds is 15. The highest BCUT2D eigenvalue weighted by Crippen LogP contribution is 2.10. The number of unbranched alkanes of at least 4 members (excludes halogenated alkanes) is 4. The van der Waals surface area contributed by atoms with E-state index < -0.39 is 24.1 Å². The molecule has 0 amide bonds. The van der Waals surface area contributed by atoms with Crippen LogP contribution in [0.1, 0.15) is 79.1 Å². The number of esters is 2. The predicted octanol–water partition coefficient (Wildman–Crippen LogP) is 3.23. The SMILES string of the molecule is CC(C)CCCCCOC(=O)C(O)C(O)C(=O)OCCCCCC(C)C. The molecule has 0 aromatic heterocycles. The van der Waals surface area contributed by atoms with Crippen molar-refractivity contribution in [1.29, 1.82) is 0 Å². The number of aliphatic hydroxyl groups is 2.